The SMILES string of the molecule is CCCCc1ccc(N2C(=O)SC(CC(=O)Nc3cc(C(=O)O)cc(C(=O)O)c3)C2=O)cc1. The molecule has 2 aromatic rings. The summed E-state index contributed by atoms with van der Waals surface area (Å²) in [5.74, 6) is -3.87. The fraction of sp³-hybridized carbons (Fsp3) is 0.261. The number of aromatic carboxylic acids is 2. The first kappa shape index (κ1) is 24.0. The fourth-order valence-corrected chi connectivity index (χ4v) is 4.33. The summed E-state index contributed by atoms with van der Waals surface area (Å²) < 4.78 is 0. The smallest absolute Gasteiger partial charge is 0.335 e. The molecule has 0 aliphatic carbocycles. The molecule has 33 heavy (non-hydrogen) atoms. The van der Waals surface area contributed by atoms with E-state index in [0.29, 0.717) is 5.69 Å². The molecule has 3 rings (SSSR count). The van der Waals surface area contributed by atoms with Crippen LogP contribution in [0.5, 0.6) is 0 Å². The molecule has 1 fully saturated rings. The number of nitrogens with zero attached hydrogens (tertiary/aromatic N) is 1. The van der Waals surface area contributed by atoms with Crippen molar-refractivity contribution in [2.75, 3.05) is 10.2 Å². The molecule has 10 heteroatoms. The number of anilines is 2. The Morgan fingerprint density at radius 1 is 1.00 bits per heavy atom. The lowest BCUT2D eigenvalue weighted by molar-refractivity contribution is -0.121. The van der Waals surface area contributed by atoms with E-state index >= 15 is 0 Å². The van der Waals surface area contributed by atoms with Gasteiger partial charge in [0, 0.05) is 12.1 Å². The zero-order valence-corrected chi connectivity index (χ0v) is 18.6. The number of nitrogens with one attached hydrogen (secondary N) is 1. The first-order valence-electron chi connectivity index (χ1n) is 10.2. The van der Waals surface area contributed by atoms with Crippen molar-refractivity contribution in [2.24, 2.45) is 0 Å². The number of benzene rings is 2. The van der Waals surface area contributed by atoms with Gasteiger partial charge in [0.1, 0.15) is 5.25 Å². The number of carbonyl (C=O) groups is 5. The van der Waals surface area contributed by atoms with Gasteiger partial charge in [-0.3, -0.25) is 14.4 Å². The highest BCUT2D eigenvalue weighted by Gasteiger charge is 2.41. The summed E-state index contributed by atoms with van der Waals surface area (Å²) in [6, 6.07) is 10.4. The molecule has 2 aromatic carbocycles. The molecule has 0 aromatic heterocycles. The maximum atomic E-state index is 12.8. The van der Waals surface area contributed by atoms with Crippen molar-refractivity contribution in [3.05, 3.63) is 59.2 Å². The summed E-state index contributed by atoms with van der Waals surface area (Å²) in [4.78, 5) is 61.2. The summed E-state index contributed by atoms with van der Waals surface area (Å²) in [6.07, 6.45) is 2.67. The quantitative estimate of drug-likeness (QED) is 0.499. The highest BCUT2D eigenvalue weighted by Crippen LogP contribution is 2.34. The third-order valence-electron chi connectivity index (χ3n) is 5.02. The second-order valence-electron chi connectivity index (χ2n) is 7.48. The highest BCUT2D eigenvalue weighted by atomic mass is 32.2. The van der Waals surface area contributed by atoms with Crippen LogP contribution in [0.4, 0.5) is 16.2 Å². The van der Waals surface area contributed by atoms with Crippen molar-refractivity contribution in [3.8, 4) is 0 Å². The third kappa shape index (κ3) is 5.78. The van der Waals surface area contributed by atoms with Crippen molar-refractivity contribution >= 4 is 52.1 Å². The number of hydrogen-bond acceptors (Lipinski definition) is 6. The van der Waals surface area contributed by atoms with Gasteiger partial charge in [0.2, 0.25) is 11.8 Å². The lowest BCUT2D eigenvalue weighted by atomic mass is 10.1. The van der Waals surface area contributed by atoms with Crippen LogP contribution in [0.2, 0.25) is 0 Å². The number of amides is 3. The first-order chi connectivity index (χ1) is 15.7. The molecule has 172 valence electrons. The highest BCUT2D eigenvalue weighted by molar-refractivity contribution is 8.15. The van der Waals surface area contributed by atoms with Gasteiger partial charge in [-0.15, -0.1) is 0 Å². The summed E-state index contributed by atoms with van der Waals surface area (Å²) in [6.45, 7) is 2.09. The number of rotatable bonds is 9. The lowest BCUT2D eigenvalue weighted by Crippen LogP contribution is -2.33. The molecule has 1 heterocycles. The molecule has 1 saturated heterocycles. The van der Waals surface area contributed by atoms with Crippen LogP contribution in [0.25, 0.3) is 0 Å². The van der Waals surface area contributed by atoms with Gasteiger partial charge in [0.25, 0.3) is 5.24 Å². The predicted octanol–water partition coefficient (Wildman–Crippen LogP) is 4.02. The molecule has 1 aliphatic heterocycles. The minimum absolute atomic E-state index is 0.0291. The molecular weight excluding hydrogens is 448 g/mol. The van der Waals surface area contributed by atoms with Gasteiger partial charge in [0.15, 0.2) is 0 Å². The number of unbranched alkanes of at least 4 members (excludes halogenated alkanes) is 1. The van der Waals surface area contributed by atoms with Gasteiger partial charge in [-0.25, -0.2) is 14.5 Å². The van der Waals surface area contributed by atoms with E-state index < -0.39 is 34.2 Å². The van der Waals surface area contributed by atoms with E-state index in [4.69, 9.17) is 10.2 Å². The minimum atomic E-state index is -1.35. The molecule has 0 bridgehead atoms. The van der Waals surface area contributed by atoms with Crippen molar-refractivity contribution in [2.45, 2.75) is 37.9 Å². The summed E-state index contributed by atoms with van der Waals surface area (Å²) in [5, 5.41) is 19.3. The van der Waals surface area contributed by atoms with E-state index in [9.17, 15) is 24.0 Å². The van der Waals surface area contributed by atoms with Crippen molar-refractivity contribution in [1.82, 2.24) is 0 Å². The Balaban J connectivity index is 1.69. The second kappa shape index (κ2) is 10.3. The van der Waals surface area contributed by atoms with E-state index in [1.54, 1.807) is 12.1 Å². The topological polar surface area (TPSA) is 141 Å². The number of thioether (sulfide) groups is 1. The van der Waals surface area contributed by atoms with Crippen LogP contribution < -0.4 is 10.2 Å². The Hall–Kier alpha value is -3.66. The fourth-order valence-electron chi connectivity index (χ4n) is 3.34. The molecule has 0 radical (unpaired) electrons. The molecule has 3 N–H and O–H groups in total. The van der Waals surface area contributed by atoms with Crippen LogP contribution in [-0.4, -0.2) is 44.5 Å². The number of carboxylic acids is 2. The average Bonchev–Trinajstić information content (AvgIpc) is 3.04. The van der Waals surface area contributed by atoms with Crippen molar-refractivity contribution in [1.29, 1.82) is 0 Å². The molecule has 1 aliphatic rings. The largest absolute Gasteiger partial charge is 0.478 e. The van der Waals surface area contributed by atoms with E-state index in [1.807, 2.05) is 12.1 Å². The van der Waals surface area contributed by atoms with Gasteiger partial charge in [0.05, 0.1) is 16.8 Å². The van der Waals surface area contributed by atoms with Gasteiger partial charge in [-0.05, 0) is 60.5 Å². The van der Waals surface area contributed by atoms with E-state index in [1.165, 1.54) is 0 Å². The van der Waals surface area contributed by atoms with Crippen LogP contribution in [0.15, 0.2) is 42.5 Å². The van der Waals surface area contributed by atoms with Crippen LogP contribution in [-0.2, 0) is 16.0 Å². The maximum absolute atomic E-state index is 12.8. The van der Waals surface area contributed by atoms with Crippen LogP contribution in [0, 0.1) is 0 Å². The van der Waals surface area contributed by atoms with Crippen LogP contribution in [0.1, 0.15) is 52.5 Å². The number of hydrogen-bond donors (Lipinski definition) is 3. The van der Waals surface area contributed by atoms with Crippen molar-refractivity contribution in [3.63, 3.8) is 0 Å². The lowest BCUT2D eigenvalue weighted by Gasteiger charge is -2.14. The molecule has 3 amide bonds. The summed E-state index contributed by atoms with van der Waals surface area (Å²) in [7, 11) is 0. The second-order valence-corrected chi connectivity index (χ2v) is 8.63. The van der Waals surface area contributed by atoms with Crippen LogP contribution >= 0.6 is 11.8 Å². The number of carbonyl (C=O) groups excluding carboxylic acids is 3. The molecular formula is C23H22N2O7S. The van der Waals surface area contributed by atoms with Gasteiger partial charge < -0.3 is 15.5 Å². The number of aryl methyl sites for hydroxylation is 1. The third-order valence-corrected chi connectivity index (χ3v) is 6.05. The Labute approximate surface area is 193 Å². The Morgan fingerprint density at radius 3 is 2.15 bits per heavy atom. The van der Waals surface area contributed by atoms with Gasteiger partial charge in [-0.2, -0.15) is 0 Å². The monoisotopic (exact) mass is 470 g/mol. The summed E-state index contributed by atoms with van der Waals surface area (Å²) >= 11 is 0.738. The van der Waals surface area contributed by atoms with Gasteiger partial charge >= 0.3 is 11.9 Å². The number of carboxylic acid groups (broad SMARTS) is 2. The Morgan fingerprint density at radius 2 is 1.61 bits per heavy atom. The van der Waals surface area contributed by atoms with Gasteiger partial charge in [-0.1, -0.05) is 25.5 Å². The molecule has 1 unspecified atom stereocenters. The molecule has 9 nitrogen and oxygen atoms in total. The molecule has 0 saturated carbocycles. The van der Waals surface area contributed by atoms with Crippen LogP contribution in [0.3, 0.4) is 0 Å². The first-order valence-corrected chi connectivity index (χ1v) is 11.1. The van der Waals surface area contributed by atoms with Crippen molar-refractivity contribution < 1.29 is 34.2 Å². The Bertz CT molecular complexity index is 1080. The zero-order chi connectivity index (χ0) is 24.1. The minimum Gasteiger partial charge on any atom is -0.478 e. The Kier molecular flexibility index (Phi) is 7.49. The average molecular weight is 471 g/mol. The predicted molar refractivity (Wildman–Crippen MR) is 123 cm³/mol. The zero-order valence-electron chi connectivity index (χ0n) is 17.7. The number of imide groups is 1. The van der Waals surface area contributed by atoms with E-state index in [0.717, 1.165) is 59.7 Å². The summed E-state index contributed by atoms with van der Waals surface area (Å²) in [5.41, 5.74) is 0.896. The van der Waals surface area contributed by atoms with E-state index in [-0.39, 0.29) is 23.2 Å². The van der Waals surface area contributed by atoms with E-state index in [2.05, 4.69) is 12.2 Å². The maximum Gasteiger partial charge on any atom is 0.335 e. The molecule has 1 atom stereocenters. The standard InChI is InChI=1S/C23H22N2O7S/c1-2-3-4-13-5-7-17(8-6-13)25-20(27)18(33-23(25)32)12-19(26)24-16-10-14(21(28)29)9-15(11-16)22(30)31/h5-11,18H,2-4,12H2,1H3,(H,24,26)(H,28,29)(H,30,31). The normalized spacial score (nSPS) is 15.5. The molecule has 0 spiro atoms.